The van der Waals surface area contributed by atoms with Crippen LogP contribution in [0.1, 0.15) is 41.0 Å². The summed E-state index contributed by atoms with van der Waals surface area (Å²) in [5, 5.41) is 1.81. The fourth-order valence-electron chi connectivity index (χ4n) is 3.23. The maximum atomic E-state index is 12.9. The van der Waals surface area contributed by atoms with Gasteiger partial charge in [-0.2, -0.15) is 0 Å². The summed E-state index contributed by atoms with van der Waals surface area (Å²) in [5.41, 5.74) is 1.01. The first kappa shape index (κ1) is 12.3. The molecule has 0 saturated heterocycles. The van der Waals surface area contributed by atoms with Crippen LogP contribution < -0.4 is 0 Å². The molecule has 0 atom stereocenters. The molecule has 1 heterocycles. The molecule has 0 spiro atoms. The van der Waals surface area contributed by atoms with Crippen molar-refractivity contribution in [3.8, 4) is 0 Å². The van der Waals surface area contributed by atoms with Crippen molar-refractivity contribution in [1.82, 2.24) is 0 Å². The lowest BCUT2D eigenvalue weighted by molar-refractivity contribution is 0.0510. The Morgan fingerprint density at radius 3 is 2.57 bits per heavy atom. The largest absolute Gasteiger partial charge is 0.483 e. The Hall–Kier alpha value is -2.42. The number of carbonyl (C=O) groups excluding carboxylic acids is 2. The van der Waals surface area contributed by atoms with Crippen LogP contribution in [0, 0.1) is 0 Å². The number of hydrogen-bond donors (Lipinski definition) is 0. The van der Waals surface area contributed by atoms with Gasteiger partial charge in [-0.1, -0.05) is 30.3 Å². The zero-order valence-corrected chi connectivity index (χ0v) is 11.9. The van der Waals surface area contributed by atoms with Crippen molar-refractivity contribution in [2.75, 3.05) is 0 Å². The van der Waals surface area contributed by atoms with E-state index in [9.17, 15) is 9.59 Å². The minimum atomic E-state index is -0.492. The smallest absolute Gasteiger partial charge is 0.228 e. The van der Waals surface area contributed by atoms with Crippen molar-refractivity contribution < 1.29 is 14.3 Å². The molecule has 1 aliphatic heterocycles. The molecule has 0 N–H and O–H groups in total. The summed E-state index contributed by atoms with van der Waals surface area (Å²) in [6.45, 7) is 3.79. The molecule has 0 radical (unpaired) electrons. The predicted octanol–water partition coefficient (Wildman–Crippen LogP) is 3.67. The SMILES string of the molecule is CC1(C)CC2=C(O1)C(=O)c1ccc3ccccc3c1C2=O. The van der Waals surface area contributed by atoms with Crippen LogP contribution in [0.5, 0.6) is 0 Å². The Labute approximate surface area is 122 Å². The summed E-state index contributed by atoms with van der Waals surface area (Å²) < 4.78 is 5.71. The number of carbonyl (C=O) groups is 2. The molecule has 0 saturated carbocycles. The van der Waals surface area contributed by atoms with E-state index in [0.717, 1.165) is 10.8 Å². The third-order valence-corrected chi connectivity index (χ3v) is 4.14. The number of rotatable bonds is 0. The molecule has 0 aromatic heterocycles. The van der Waals surface area contributed by atoms with Crippen LogP contribution >= 0.6 is 0 Å². The summed E-state index contributed by atoms with van der Waals surface area (Å²) in [6, 6.07) is 11.3. The highest BCUT2D eigenvalue weighted by atomic mass is 16.5. The molecule has 0 bridgehead atoms. The fourth-order valence-corrected chi connectivity index (χ4v) is 3.23. The molecule has 3 heteroatoms. The fraction of sp³-hybridized carbons (Fsp3) is 0.222. The summed E-state index contributed by atoms with van der Waals surface area (Å²) >= 11 is 0. The number of allylic oxidation sites excluding steroid dienone is 1. The first-order chi connectivity index (χ1) is 9.98. The van der Waals surface area contributed by atoms with E-state index < -0.39 is 5.60 Å². The van der Waals surface area contributed by atoms with Gasteiger partial charge in [0, 0.05) is 17.5 Å². The van der Waals surface area contributed by atoms with Crippen LogP contribution in [-0.4, -0.2) is 17.2 Å². The van der Waals surface area contributed by atoms with E-state index in [2.05, 4.69) is 0 Å². The van der Waals surface area contributed by atoms with Gasteiger partial charge in [0.15, 0.2) is 11.5 Å². The quantitative estimate of drug-likeness (QED) is 0.738. The molecule has 0 unspecified atom stereocenters. The van der Waals surface area contributed by atoms with E-state index in [1.54, 1.807) is 6.07 Å². The van der Waals surface area contributed by atoms with Crippen LogP contribution in [0.2, 0.25) is 0 Å². The lowest BCUT2D eigenvalue weighted by Gasteiger charge is -2.19. The number of fused-ring (bicyclic) bond motifs is 3. The van der Waals surface area contributed by atoms with Gasteiger partial charge in [-0.3, -0.25) is 9.59 Å². The van der Waals surface area contributed by atoms with Gasteiger partial charge in [-0.05, 0) is 30.7 Å². The number of hydrogen-bond acceptors (Lipinski definition) is 3. The van der Waals surface area contributed by atoms with Crippen molar-refractivity contribution in [2.45, 2.75) is 25.9 Å². The molecule has 2 aliphatic rings. The van der Waals surface area contributed by atoms with Gasteiger partial charge in [0.25, 0.3) is 0 Å². The van der Waals surface area contributed by atoms with Crippen molar-refractivity contribution in [1.29, 1.82) is 0 Å². The molecule has 0 amide bonds. The molecule has 4 rings (SSSR count). The maximum Gasteiger partial charge on any atom is 0.228 e. The highest BCUT2D eigenvalue weighted by Crippen LogP contribution is 2.42. The second-order valence-corrected chi connectivity index (χ2v) is 6.21. The standard InChI is InChI=1S/C18H14O3/c1-18(2)9-13-15(19)14-11-6-4-3-5-10(11)7-8-12(14)16(20)17(13)21-18/h3-8H,9H2,1-2H3. The second-order valence-electron chi connectivity index (χ2n) is 6.21. The number of benzene rings is 2. The predicted molar refractivity (Wildman–Crippen MR) is 79.4 cm³/mol. The summed E-state index contributed by atoms with van der Waals surface area (Å²) in [6.07, 6.45) is 0.482. The molecular weight excluding hydrogens is 264 g/mol. The number of ketones is 2. The highest BCUT2D eigenvalue weighted by molar-refractivity contribution is 6.30. The highest BCUT2D eigenvalue weighted by Gasteiger charge is 2.44. The van der Waals surface area contributed by atoms with Crippen LogP contribution in [0.25, 0.3) is 10.8 Å². The lowest BCUT2D eigenvalue weighted by Crippen LogP contribution is -2.21. The second kappa shape index (κ2) is 3.82. The Balaban J connectivity index is 2.01. The molecule has 21 heavy (non-hydrogen) atoms. The van der Waals surface area contributed by atoms with Gasteiger partial charge >= 0.3 is 0 Å². The minimum absolute atomic E-state index is 0.0676. The molecule has 104 valence electrons. The van der Waals surface area contributed by atoms with Crippen molar-refractivity contribution in [2.24, 2.45) is 0 Å². The Morgan fingerprint density at radius 1 is 1.00 bits per heavy atom. The minimum Gasteiger partial charge on any atom is -0.483 e. The van der Waals surface area contributed by atoms with Gasteiger partial charge in [0.2, 0.25) is 5.78 Å². The average Bonchev–Trinajstić information content (AvgIpc) is 2.80. The average molecular weight is 278 g/mol. The van der Waals surface area contributed by atoms with E-state index in [0.29, 0.717) is 23.1 Å². The maximum absolute atomic E-state index is 12.9. The zero-order chi connectivity index (χ0) is 14.8. The van der Waals surface area contributed by atoms with Crippen LogP contribution in [-0.2, 0) is 4.74 Å². The normalized spacial score (nSPS) is 19.5. The van der Waals surface area contributed by atoms with E-state index in [1.807, 2.05) is 44.2 Å². The summed E-state index contributed by atoms with van der Waals surface area (Å²) in [5.74, 6) is 0.00526. The summed E-state index contributed by atoms with van der Waals surface area (Å²) in [7, 11) is 0. The summed E-state index contributed by atoms with van der Waals surface area (Å²) in [4.78, 5) is 25.5. The van der Waals surface area contributed by atoms with Crippen LogP contribution in [0.15, 0.2) is 47.7 Å². The molecule has 2 aromatic carbocycles. The van der Waals surface area contributed by atoms with Gasteiger partial charge < -0.3 is 4.74 Å². The number of ether oxygens (including phenoxy) is 1. The molecule has 0 fully saturated rings. The van der Waals surface area contributed by atoms with E-state index in [-0.39, 0.29) is 17.3 Å². The topological polar surface area (TPSA) is 43.4 Å². The van der Waals surface area contributed by atoms with Gasteiger partial charge in [0.1, 0.15) is 5.60 Å². The van der Waals surface area contributed by atoms with Crippen molar-refractivity contribution in [3.05, 3.63) is 58.9 Å². The molecule has 2 aromatic rings. The third-order valence-electron chi connectivity index (χ3n) is 4.14. The van der Waals surface area contributed by atoms with E-state index in [1.165, 1.54) is 0 Å². The Bertz CT molecular complexity index is 856. The van der Waals surface area contributed by atoms with Gasteiger partial charge in [0.05, 0.1) is 5.57 Å². The molecule has 1 aliphatic carbocycles. The van der Waals surface area contributed by atoms with Crippen molar-refractivity contribution >= 4 is 22.3 Å². The molecule has 3 nitrogen and oxygen atoms in total. The van der Waals surface area contributed by atoms with Crippen LogP contribution in [0.4, 0.5) is 0 Å². The van der Waals surface area contributed by atoms with Gasteiger partial charge in [-0.15, -0.1) is 0 Å². The monoisotopic (exact) mass is 278 g/mol. The van der Waals surface area contributed by atoms with Crippen LogP contribution in [0.3, 0.4) is 0 Å². The third kappa shape index (κ3) is 1.60. The molecular formula is C18H14O3. The first-order valence-corrected chi connectivity index (χ1v) is 7.01. The first-order valence-electron chi connectivity index (χ1n) is 7.01. The Kier molecular flexibility index (Phi) is 2.24. The van der Waals surface area contributed by atoms with E-state index in [4.69, 9.17) is 4.74 Å². The van der Waals surface area contributed by atoms with Gasteiger partial charge in [-0.25, -0.2) is 0 Å². The lowest BCUT2D eigenvalue weighted by atomic mass is 9.83. The van der Waals surface area contributed by atoms with E-state index >= 15 is 0 Å². The zero-order valence-electron chi connectivity index (χ0n) is 11.9. The van der Waals surface area contributed by atoms with Crippen molar-refractivity contribution in [3.63, 3.8) is 0 Å². The number of Topliss-reactive ketones (excluding diaryl/α,β-unsaturated/α-hetero) is 2. The Morgan fingerprint density at radius 2 is 1.76 bits per heavy atom.